The van der Waals surface area contributed by atoms with Gasteiger partial charge in [-0.3, -0.25) is 19.0 Å². The molecule has 8 nitrogen and oxygen atoms in total. The quantitative estimate of drug-likeness (QED) is 0.389. The predicted molar refractivity (Wildman–Crippen MR) is 124 cm³/mol. The zero-order chi connectivity index (χ0) is 23.3. The molecule has 0 spiro atoms. The standard InChI is InChI=1S/C22H14ClFN6O2S/c1-28-19-12(10-27-28)9-26-11-17(19)30-21(31)20-16(29(22(30)32)6-2-5-25)8-18(33-20)14-4-3-13(24)7-15(14)23/h3-4,7-11H,2,6H2,1H3. The first-order valence-electron chi connectivity index (χ1n) is 9.78. The molecule has 0 aliphatic heterocycles. The van der Waals surface area contributed by atoms with E-state index in [4.69, 9.17) is 16.9 Å². The Labute approximate surface area is 194 Å². The number of aromatic nitrogens is 5. The lowest BCUT2D eigenvalue weighted by Gasteiger charge is -2.12. The van der Waals surface area contributed by atoms with Gasteiger partial charge in [0.15, 0.2) is 0 Å². The van der Waals surface area contributed by atoms with Crippen LogP contribution in [0.4, 0.5) is 4.39 Å². The SMILES string of the molecule is Cn1ncc2cncc(-n3c(=O)c4sc(-c5ccc(F)cc5Cl)cc4n(CCC#N)c3=O)c21. The Kier molecular flexibility index (Phi) is 5.08. The Balaban J connectivity index is 1.87. The van der Waals surface area contributed by atoms with Gasteiger partial charge in [0.25, 0.3) is 5.56 Å². The molecule has 1 aromatic carbocycles. The Bertz CT molecular complexity index is 1730. The van der Waals surface area contributed by atoms with E-state index in [1.807, 2.05) is 6.07 Å². The number of rotatable bonds is 4. The largest absolute Gasteiger partial charge is 0.336 e. The number of pyridine rings is 1. The topological polar surface area (TPSA) is 98.5 Å². The minimum Gasteiger partial charge on any atom is -0.291 e. The number of thiophene rings is 1. The molecule has 11 heteroatoms. The Morgan fingerprint density at radius 1 is 1.21 bits per heavy atom. The van der Waals surface area contributed by atoms with Gasteiger partial charge in [-0.2, -0.15) is 10.4 Å². The summed E-state index contributed by atoms with van der Waals surface area (Å²) in [6.07, 6.45) is 4.72. The molecule has 0 atom stereocenters. The summed E-state index contributed by atoms with van der Waals surface area (Å²) in [7, 11) is 1.71. The molecule has 0 radical (unpaired) electrons. The van der Waals surface area contributed by atoms with Crippen molar-refractivity contribution >= 4 is 44.1 Å². The number of benzene rings is 1. The van der Waals surface area contributed by atoms with Crippen molar-refractivity contribution in [2.24, 2.45) is 7.05 Å². The Morgan fingerprint density at radius 3 is 2.79 bits per heavy atom. The van der Waals surface area contributed by atoms with Crippen LogP contribution >= 0.6 is 22.9 Å². The maximum atomic E-state index is 13.6. The fourth-order valence-corrected chi connectivity index (χ4v) is 5.29. The van der Waals surface area contributed by atoms with Crippen molar-refractivity contribution in [1.82, 2.24) is 23.9 Å². The smallest absolute Gasteiger partial charge is 0.291 e. The highest BCUT2D eigenvalue weighted by Crippen LogP contribution is 2.36. The van der Waals surface area contributed by atoms with Crippen molar-refractivity contribution in [1.29, 1.82) is 5.26 Å². The van der Waals surface area contributed by atoms with E-state index in [0.717, 1.165) is 15.9 Å². The van der Waals surface area contributed by atoms with Gasteiger partial charge < -0.3 is 0 Å². The Hall–Kier alpha value is -3.81. The third kappa shape index (κ3) is 3.33. The number of nitriles is 1. The van der Waals surface area contributed by atoms with Crippen LogP contribution in [-0.4, -0.2) is 23.9 Å². The number of nitrogens with zero attached hydrogens (tertiary/aromatic N) is 6. The van der Waals surface area contributed by atoms with Crippen LogP contribution in [0.5, 0.6) is 0 Å². The van der Waals surface area contributed by atoms with Crippen molar-refractivity contribution in [3.8, 4) is 22.2 Å². The van der Waals surface area contributed by atoms with Crippen molar-refractivity contribution in [2.45, 2.75) is 13.0 Å². The summed E-state index contributed by atoms with van der Waals surface area (Å²) in [6.45, 7) is 0.0915. The van der Waals surface area contributed by atoms with E-state index in [1.54, 1.807) is 30.2 Å². The predicted octanol–water partition coefficient (Wildman–Crippen LogP) is 3.87. The maximum absolute atomic E-state index is 13.6. The first kappa shape index (κ1) is 21.1. The molecule has 0 aliphatic rings. The second-order valence-electron chi connectivity index (χ2n) is 7.30. The molecule has 5 rings (SSSR count). The van der Waals surface area contributed by atoms with E-state index >= 15 is 0 Å². The van der Waals surface area contributed by atoms with E-state index in [-0.39, 0.29) is 18.0 Å². The van der Waals surface area contributed by atoms with Crippen LogP contribution < -0.4 is 11.2 Å². The van der Waals surface area contributed by atoms with Crippen LogP contribution in [0.1, 0.15) is 6.42 Å². The average Bonchev–Trinajstić information content (AvgIpc) is 3.39. The second-order valence-corrected chi connectivity index (χ2v) is 8.76. The molecule has 4 aromatic heterocycles. The van der Waals surface area contributed by atoms with E-state index in [1.165, 1.54) is 29.0 Å². The Morgan fingerprint density at radius 2 is 2.03 bits per heavy atom. The van der Waals surface area contributed by atoms with Crippen molar-refractivity contribution in [3.63, 3.8) is 0 Å². The molecule has 0 N–H and O–H groups in total. The maximum Gasteiger partial charge on any atom is 0.336 e. The van der Waals surface area contributed by atoms with Gasteiger partial charge in [0.1, 0.15) is 10.5 Å². The van der Waals surface area contributed by atoms with E-state index in [2.05, 4.69) is 10.1 Å². The molecule has 0 saturated carbocycles. The summed E-state index contributed by atoms with van der Waals surface area (Å²) in [5.74, 6) is -0.477. The van der Waals surface area contributed by atoms with Gasteiger partial charge in [0.05, 0.1) is 46.6 Å². The summed E-state index contributed by atoms with van der Waals surface area (Å²) in [5, 5.41) is 14.2. The molecular weight excluding hydrogens is 467 g/mol. The first-order valence-corrected chi connectivity index (χ1v) is 11.0. The van der Waals surface area contributed by atoms with Gasteiger partial charge in [-0.05, 0) is 24.3 Å². The van der Waals surface area contributed by atoms with Crippen LogP contribution in [0.3, 0.4) is 0 Å². The van der Waals surface area contributed by atoms with E-state index < -0.39 is 17.1 Å². The molecule has 164 valence electrons. The summed E-state index contributed by atoms with van der Waals surface area (Å²) in [4.78, 5) is 31.9. The third-order valence-corrected chi connectivity index (χ3v) is 6.79. The molecule has 33 heavy (non-hydrogen) atoms. The highest BCUT2D eigenvalue weighted by molar-refractivity contribution is 7.22. The summed E-state index contributed by atoms with van der Waals surface area (Å²) < 4.78 is 17.9. The van der Waals surface area contributed by atoms with Gasteiger partial charge >= 0.3 is 5.69 Å². The molecule has 0 bridgehead atoms. The number of fused-ring (bicyclic) bond motifs is 2. The first-order chi connectivity index (χ1) is 15.9. The minimum absolute atomic E-state index is 0.0733. The lowest BCUT2D eigenvalue weighted by molar-refractivity contribution is 0.628. The monoisotopic (exact) mass is 480 g/mol. The van der Waals surface area contributed by atoms with Crippen LogP contribution in [-0.2, 0) is 13.6 Å². The van der Waals surface area contributed by atoms with Crippen LogP contribution in [0.2, 0.25) is 5.02 Å². The van der Waals surface area contributed by atoms with Crippen molar-refractivity contribution in [3.05, 3.63) is 74.5 Å². The lowest BCUT2D eigenvalue weighted by atomic mass is 10.2. The molecule has 0 saturated heterocycles. The van der Waals surface area contributed by atoms with E-state index in [9.17, 15) is 14.0 Å². The minimum atomic E-state index is -0.590. The van der Waals surface area contributed by atoms with Gasteiger partial charge in [-0.15, -0.1) is 11.3 Å². The van der Waals surface area contributed by atoms with Gasteiger partial charge in [0.2, 0.25) is 0 Å². The normalized spacial score (nSPS) is 11.3. The van der Waals surface area contributed by atoms with Crippen LogP contribution in [0, 0.1) is 17.1 Å². The fraction of sp³-hybridized carbons (Fsp3) is 0.136. The van der Waals surface area contributed by atoms with Crippen molar-refractivity contribution in [2.75, 3.05) is 0 Å². The van der Waals surface area contributed by atoms with Gasteiger partial charge in [-0.1, -0.05) is 11.6 Å². The third-order valence-electron chi connectivity index (χ3n) is 5.33. The number of aryl methyl sites for hydroxylation is 2. The molecule has 0 fully saturated rings. The van der Waals surface area contributed by atoms with Gasteiger partial charge in [-0.25, -0.2) is 13.8 Å². The summed E-state index contributed by atoms with van der Waals surface area (Å²) >= 11 is 7.39. The van der Waals surface area contributed by atoms with Crippen molar-refractivity contribution < 1.29 is 4.39 Å². The summed E-state index contributed by atoms with van der Waals surface area (Å²) in [6, 6.07) is 7.71. The second kappa shape index (κ2) is 7.95. The summed E-state index contributed by atoms with van der Waals surface area (Å²) in [5.41, 5.74) is 0.696. The lowest BCUT2D eigenvalue weighted by Crippen LogP contribution is -2.38. The zero-order valence-electron chi connectivity index (χ0n) is 17.1. The molecular formula is C22H14ClFN6O2S. The number of hydrogen-bond acceptors (Lipinski definition) is 6. The molecule has 0 amide bonds. The zero-order valence-corrected chi connectivity index (χ0v) is 18.7. The average molecular weight is 481 g/mol. The fourth-order valence-electron chi connectivity index (χ4n) is 3.84. The van der Waals surface area contributed by atoms with Crippen LogP contribution in [0.25, 0.3) is 37.2 Å². The number of halogens is 2. The molecule has 4 heterocycles. The van der Waals surface area contributed by atoms with E-state index in [0.29, 0.717) is 37.2 Å². The molecule has 5 aromatic rings. The van der Waals surface area contributed by atoms with Gasteiger partial charge in [0, 0.05) is 35.6 Å². The molecule has 0 aliphatic carbocycles. The molecule has 0 unspecified atom stereocenters. The highest BCUT2D eigenvalue weighted by Gasteiger charge is 2.21. The number of hydrogen-bond donors (Lipinski definition) is 0. The van der Waals surface area contributed by atoms with Crippen LogP contribution in [0.15, 0.2) is 52.4 Å². The highest BCUT2D eigenvalue weighted by atomic mass is 35.5.